The predicted molar refractivity (Wildman–Crippen MR) is 103 cm³/mol. The first kappa shape index (κ1) is 19.7. The molecule has 0 saturated heterocycles. The Morgan fingerprint density at radius 3 is 2.50 bits per heavy atom. The largest absolute Gasteiger partial charge is 0.454 e. The fourth-order valence-corrected chi connectivity index (χ4v) is 3.39. The summed E-state index contributed by atoms with van der Waals surface area (Å²) < 4.78 is 47.8. The summed E-state index contributed by atoms with van der Waals surface area (Å²) in [5.41, 5.74) is 2.35. The van der Waals surface area contributed by atoms with Gasteiger partial charge < -0.3 is 4.74 Å². The number of fused-ring (bicyclic) bond motifs is 1. The molecule has 0 fully saturated rings. The van der Waals surface area contributed by atoms with E-state index in [4.69, 9.17) is 4.74 Å². The van der Waals surface area contributed by atoms with Gasteiger partial charge >= 0.3 is 12.5 Å². The molecule has 30 heavy (non-hydrogen) atoms. The third-order valence-corrected chi connectivity index (χ3v) is 4.76. The highest BCUT2D eigenvalue weighted by molar-refractivity contribution is 5.92. The Balaban J connectivity index is 1.60. The molecule has 6 nitrogen and oxygen atoms in total. The highest BCUT2D eigenvalue weighted by Gasteiger charge is 2.23. The molecule has 154 valence electrons. The minimum atomic E-state index is -2.82. The van der Waals surface area contributed by atoms with Gasteiger partial charge in [0, 0.05) is 0 Å². The molecule has 0 saturated carbocycles. The minimum Gasteiger partial charge on any atom is -0.454 e. The summed E-state index contributed by atoms with van der Waals surface area (Å²) in [5.74, 6) is -1.14. The van der Waals surface area contributed by atoms with Crippen LogP contribution in [0.25, 0.3) is 16.7 Å². The van der Waals surface area contributed by atoms with Crippen LogP contribution in [0, 0.1) is 19.7 Å². The second kappa shape index (κ2) is 7.66. The van der Waals surface area contributed by atoms with E-state index in [0.29, 0.717) is 22.6 Å². The zero-order chi connectivity index (χ0) is 21.4. The highest BCUT2D eigenvalue weighted by atomic mass is 19.3. The molecule has 2 aromatic carbocycles. The molecule has 0 bridgehead atoms. The zero-order valence-corrected chi connectivity index (χ0v) is 16.1. The number of benzene rings is 2. The fraction of sp³-hybridized carbons (Fsp3) is 0.190. The van der Waals surface area contributed by atoms with Crippen LogP contribution in [-0.4, -0.2) is 25.3 Å². The Bertz CT molecular complexity index is 1230. The van der Waals surface area contributed by atoms with E-state index >= 15 is 0 Å². The number of ether oxygens (including phenoxy) is 1. The fourth-order valence-electron chi connectivity index (χ4n) is 3.39. The lowest BCUT2D eigenvalue weighted by Crippen LogP contribution is -2.12. The number of para-hydroxylation sites is 2. The van der Waals surface area contributed by atoms with Crippen molar-refractivity contribution in [2.75, 3.05) is 0 Å². The van der Waals surface area contributed by atoms with Gasteiger partial charge in [-0.1, -0.05) is 12.1 Å². The Morgan fingerprint density at radius 2 is 1.80 bits per heavy atom. The number of hydrogen-bond acceptors (Lipinski definition) is 4. The van der Waals surface area contributed by atoms with Crippen LogP contribution in [0.5, 0.6) is 0 Å². The van der Waals surface area contributed by atoms with E-state index in [9.17, 15) is 18.0 Å². The number of rotatable bonds is 5. The number of nitrogens with zero attached hydrogens (tertiary/aromatic N) is 4. The van der Waals surface area contributed by atoms with E-state index in [-0.39, 0.29) is 22.7 Å². The monoisotopic (exact) mass is 414 g/mol. The first-order chi connectivity index (χ1) is 14.4. The average Bonchev–Trinajstić information content (AvgIpc) is 3.23. The van der Waals surface area contributed by atoms with Gasteiger partial charge in [-0.2, -0.15) is 13.9 Å². The van der Waals surface area contributed by atoms with E-state index in [1.54, 1.807) is 32.0 Å². The first-order valence-electron chi connectivity index (χ1n) is 9.10. The van der Waals surface area contributed by atoms with Crippen LogP contribution in [0.15, 0.2) is 48.5 Å². The second-order valence-electron chi connectivity index (χ2n) is 6.67. The molecule has 0 spiro atoms. The lowest BCUT2D eigenvalue weighted by molar-refractivity contribution is 0.0386. The van der Waals surface area contributed by atoms with Gasteiger partial charge in [-0.25, -0.2) is 18.9 Å². The number of hydrogen-bond donors (Lipinski definition) is 0. The summed E-state index contributed by atoms with van der Waals surface area (Å²) in [7, 11) is 0. The molecule has 2 heterocycles. The van der Waals surface area contributed by atoms with Crippen molar-refractivity contribution >= 4 is 17.0 Å². The number of aromatic nitrogens is 4. The molecule has 0 aliphatic rings. The van der Waals surface area contributed by atoms with Crippen molar-refractivity contribution in [1.82, 2.24) is 19.3 Å². The molecule has 0 aliphatic heterocycles. The lowest BCUT2D eigenvalue weighted by Gasteiger charge is -2.09. The highest BCUT2D eigenvalue weighted by Crippen LogP contribution is 2.24. The van der Waals surface area contributed by atoms with Gasteiger partial charge in [0.1, 0.15) is 18.0 Å². The number of esters is 1. The molecule has 0 aliphatic carbocycles. The summed E-state index contributed by atoms with van der Waals surface area (Å²) in [5, 5.41) is 4.32. The number of aryl methyl sites for hydroxylation is 1. The normalized spacial score (nSPS) is 11.4. The maximum absolute atomic E-state index is 13.5. The minimum absolute atomic E-state index is 0.0548. The van der Waals surface area contributed by atoms with Crippen LogP contribution >= 0.6 is 0 Å². The van der Waals surface area contributed by atoms with Crippen molar-refractivity contribution in [3.63, 3.8) is 0 Å². The molecular weight excluding hydrogens is 397 g/mol. The van der Waals surface area contributed by atoms with Crippen molar-refractivity contribution < 1.29 is 22.7 Å². The maximum atomic E-state index is 13.5. The Labute approximate surface area is 169 Å². The number of alkyl halides is 2. The van der Waals surface area contributed by atoms with Gasteiger partial charge in [-0.3, -0.25) is 4.57 Å². The summed E-state index contributed by atoms with van der Waals surface area (Å²) in [6, 6.07) is 12.1. The van der Waals surface area contributed by atoms with Crippen molar-refractivity contribution in [3.8, 4) is 5.69 Å². The van der Waals surface area contributed by atoms with E-state index in [1.807, 2.05) is 0 Å². The van der Waals surface area contributed by atoms with Crippen LogP contribution in [0.2, 0.25) is 0 Å². The Kier molecular flexibility index (Phi) is 5.03. The molecule has 2 aromatic heterocycles. The molecule has 0 amide bonds. The quantitative estimate of drug-likeness (QED) is 0.443. The van der Waals surface area contributed by atoms with E-state index < -0.39 is 19.1 Å². The van der Waals surface area contributed by atoms with Gasteiger partial charge in [0.15, 0.2) is 5.82 Å². The van der Waals surface area contributed by atoms with Crippen LogP contribution in [0.3, 0.4) is 0 Å². The number of carbonyl (C=O) groups is 1. The smallest absolute Gasteiger partial charge is 0.342 e. The second-order valence-corrected chi connectivity index (χ2v) is 6.67. The van der Waals surface area contributed by atoms with Gasteiger partial charge in [0.25, 0.3) is 0 Å². The van der Waals surface area contributed by atoms with Crippen LogP contribution < -0.4 is 0 Å². The van der Waals surface area contributed by atoms with Gasteiger partial charge in [-0.05, 0) is 50.2 Å². The molecule has 9 heteroatoms. The van der Waals surface area contributed by atoms with E-state index in [1.165, 1.54) is 35.0 Å². The Morgan fingerprint density at radius 1 is 1.10 bits per heavy atom. The predicted octanol–water partition coefficient (Wildman–Crippen LogP) is 4.73. The van der Waals surface area contributed by atoms with Crippen molar-refractivity contribution in [2.45, 2.75) is 27.0 Å². The van der Waals surface area contributed by atoms with Gasteiger partial charge in [0.05, 0.1) is 28.1 Å². The van der Waals surface area contributed by atoms with Gasteiger partial charge in [-0.15, -0.1) is 0 Å². The molecular formula is C21H17F3N4O2. The molecule has 4 aromatic rings. The molecule has 0 atom stereocenters. The maximum Gasteiger partial charge on any atom is 0.342 e. The van der Waals surface area contributed by atoms with Crippen LogP contribution in [0.4, 0.5) is 13.2 Å². The van der Waals surface area contributed by atoms with Crippen LogP contribution in [0.1, 0.15) is 34.1 Å². The van der Waals surface area contributed by atoms with E-state index in [0.717, 1.165) is 4.57 Å². The van der Waals surface area contributed by atoms with E-state index in [2.05, 4.69) is 10.1 Å². The van der Waals surface area contributed by atoms with Gasteiger partial charge in [0.2, 0.25) is 0 Å². The third kappa shape index (κ3) is 3.42. The number of carbonyl (C=O) groups excluding carboxylic acids is 1. The van der Waals surface area contributed by atoms with Crippen molar-refractivity contribution in [3.05, 3.63) is 77.1 Å². The SMILES string of the molecule is Cc1nn(-c2ccc(F)cc2)c(C)c1C(=O)OCc1nc2ccccc2n1C(F)F. The standard InChI is InChI=1S/C21H17F3N4O2/c1-12-19(13(2)28(26-12)15-9-7-14(22)8-10-15)20(29)30-11-18-25-16-5-3-4-6-17(16)27(18)21(23)24/h3-10,21H,11H2,1-2H3. The van der Waals surface area contributed by atoms with Crippen molar-refractivity contribution in [2.24, 2.45) is 0 Å². The molecule has 0 N–H and O–H groups in total. The van der Waals surface area contributed by atoms with Crippen LogP contribution in [-0.2, 0) is 11.3 Å². The number of halogens is 3. The molecule has 4 rings (SSSR count). The van der Waals surface area contributed by atoms with Crippen molar-refractivity contribution in [1.29, 1.82) is 0 Å². The average molecular weight is 414 g/mol. The summed E-state index contributed by atoms with van der Waals surface area (Å²) in [6.07, 6.45) is 0. The summed E-state index contributed by atoms with van der Waals surface area (Å²) in [6.45, 7) is 0.0703. The summed E-state index contributed by atoms with van der Waals surface area (Å²) in [4.78, 5) is 16.8. The zero-order valence-electron chi connectivity index (χ0n) is 16.1. The third-order valence-electron chi connectivity index (χ3n) is 4.76. The first-order valence-corrected chi connectivity index (χ1v) is 9.10. The molecule has 0 radical (unpaired) electrons. The topological polar surface area (TPSA) is 61.9 Å². The summed E-state index contributed by atoms with van der Waals surface area (Å²) >= 11 is 0. The Hall–Kier alpha value is -3.62. The number of imidazole rings is 1. The lowest BCUT2D eigenvalue weighted by atomic mass is 10.2. The molecule has 0 unspecified atom stereocenters.